The number of ether oxygens (including phenoxy) is 2. The Bertz CT molecular complexity index is 1270. The highest BCUT2D eigenvalue weighted by molar-refractivity contribution is 7.52. The van der Waals surface area contributed by atoms with Crippen molar-refractivity contribution in [2.75, 3.05) is 6.61 Å². The highest BCUT2D eigenvalue weighted by Crippen LogP contribution is 2.48. The fraction of sp³-hybridized carbons (Fsp3) is 0.478. The molecule has 7 atom stereocenters. The molecule has 0 spiro atoms. The molecule has 14 heteroatoms. The lowest BCUT2D eigenvalue weighted by atomic mass is 10.1. The van der Waals surface area contributed by atoms with Crippen molar-refractivity contribution in [2.24, 2.45) is 0 Å². The summed E-state index contributed by atoms with van der Waals surface area (Å²) in [4.78, 5) is 24.8. The normalized spacial score (nSPS) is 24.9. The molecule has 1 aliphatic heterocycles. The van der Waals surface area contributed by atoms with Crippen LogP contribution in [0.25, 0.3) is 11.2 Å². The summed E-state index contributed by atoms with van der Waals surface area (Å²) in [6, 6.07) is 7.24. The lowest BCUT2D eigenvalue weighted by molar-refractivity contribution is -0.144. The lowest BCUT2D eigenvalue weighted by Gasteiger charge is -2.28. The van der Waals surface area contributed by atoms with E-state index in [2.05, 4.69) is 20.0 Å². The van der Waals surface area contributed by atoms with Gasteiger partial charge in [0.1, 0.15) is 41.9 Å². The minimum Gasteiger partial charge on any atom is -0.465 e. The molecule has 0 saturated carbocycles. The molecular formula is C23H30N5O8P. The van der Waals surface area contributed by atoms with Crippen molar-refractivity contribution < 1.29 is 38.1 Å². The van der Waals surface area contributed by atoms with Crippen molar-refractivity contribution in [1.82, 2.24) is 24.6 Å². The zero-order valence-corrected chi connectivity index (χ0v) is 21.7. The van der Waals surface area contributed by atoms with Crippen LogP contribution in [0, 0.1) is 6.92 Å². The van der Waals surface area contributed by atoms with E-state index in [1.165, 1.54) is 31.1 Å². The molecule has 0 amide bonds. The molecule has 3 heterocycles. The van der Waals surface area contributed by atoms with Crippen LogP contribution in [-0.2, 0) is 23.4 Å². The number of nitrogens with one attached hydrogen (secondary N) is 1. The third-order valence-electron chi connectivity index (χ3n) is 5.82. The third kappa shape index (κ3) is 5.82. The zero-order chi connectivity index (χ0) is 26.7. The van der Waals surface area contributed by atoms with E-state index in [0.29, 0.717) is 16.9 Å². The van der Waals surface area contributed by atoms with Crippen molar-refractivity contribution in [3.8, 4) is 5.75 Å². The molecule has 0 bridgehead atoms. The van der Waals surface area contributed by atoms with E-state index in [-0.39, 0.29) is 12.4 Å². The number of carbonyl (C=O) groups excluding carboxylic acids is 1. The summed E-state index contributed by atoms with van der Waals surface area (Å²) in [7, 11) is -4.22. The molecule has 200 valence electrons. The van der Waals surface area contributed by atoms with Crippen LogP contribution in [-0.4, -0.2) is 72.8 Å². The fourth-order valence-corrected chi connectivity index (χ4v) is 5.69. The summed E-state index contributed by atoms with van der Waals surface area (Å²) in [6.45, 7) is 6.54. The average molecular weight is 535 g/mol. The van der Waals surface area contributed by atoms with Gasteiger partial charge in [0.25, 0.3) is 0 Å². The van der Waals surface area contributed by atoms with Gasteiger partial charge in [0.15, 0.2) is 11.9 Å². The van der Waals surface area contributed by atoms with E-state index >= 15 is 0 Å². The Labute approximate surface area is 213 Å². The predicted molar refractivity (Wildman–Crippen MR) is 130 cm³/mol. The Hall–Kier alpha value is -2.93. The van der Waals surface area contributed by atoms with Gasteiger partial charge in [-0.3, -0.25) is 13.9 Å². The van der Waals surface area contributed by atoms with Gasteiger partial charge in [-0.05, 0) is 39.8 Å². The van der Waals surface area contributed by atoms with Gasteiger partial charge in [-0.15, -0.1) is 0 Å². The SMILES string of the molecule is CCOC(=O)C(C)NP(=O)(Oc1ccccc1)OC(C)C1OC(n2cnc3c(C)ncnc32)C(O)C1O. The number of hydrogen-bond acceptors (Lipinski definition) is 11. The standard InChI is InChI=1S/C23H30N5O8P/c1-5-33-23(31)14(3)27-37(32,36-16-9-7-6-8-10-16)35-15(4)20-18(29)19(30)22(34-20)28-12-26-17-13(2)24-11-25-21(17)28/h6-12,14-15,18-20,22,29-30H,5H2,1-4H3,(H,27,32). The van der Waals surface area contributed by atoms with E-state index in [9.17, 15) is 19.6 Å². The molecule has 0 radical (unpaired) electrons. The first-order valence-electron chi connectivity index (χ1n) is 11.8. The van der Waals surface area contributed by atoms with Crippen LogP contribution < -0.4 is 9.61 Å². The van der Waals surface area contributed by atoms with E-state index in [1.807, 2.05) is 0 Å². The van der Waals surface area contributed by atoms with Crippen LogP contribution in [0.5, 0.6) is 5.75 Å². The molecule has 1 fully saturated rings. The van der Waals surface area contributed by atoms with Crippen molar-refractivity contribution in [1.29, 1.82) is 0 Å². The fourth-order valence-electron chi connectivity index (χ4n) is 3.99. The summed E-state index contributed by atoms with van der Waals surface area (Å²) in [6.07, 6.45) is -3.20. The number of para-hydroxylation sites is 1. The smallest absolute Gasteiger partial charge is 0.459 e. The molecule has 4 rings (SSSR count). The van der Waals surface area contributed by atoms with Gasteiger partial charge in [-0.25, -0.2) is 19.5 Å². The molecule has 1 aromatic carbocycles. The van der Waals surface area contributed by atoms with E-state index in [1.54, 1.807) is 44.2 Å². The molecule has 0 aliphatic carbocycles. The van der Waals surface area contributed by atoms with Crippen molar-refractivity contribution in [2.45, 2.75) is 64.4 Å². The maximum atomic E-state index is 13.8. The Balaban J connectivity index is 1.55. The number of hydrogen-bond donors (Lipinski definition) is 3. The minimum atomic E-state index is -4.22. The molecule has 3 aromatic rings. The summed E-state index contributed by atoms with van der Waals surface area (Å²) >= 11 is 0. The molecule has 37 heavy (non-hydrogen) atoms. The number of aryl methyl sites for hydroxylation is 1. The predicted octanol–water partition coefficient (Wildman–Crippen LogP) is 1.89. The molecule has 1 aliphatic rings. The highest BCUT2D eigenvalue weighted by atomic mass is 31.2. The summed E-state index contributed by atoms with van der Waals surface area (Å²) in [5.41, 5.74) is 1.59. The van der Waals surface area contributed by atoms with Gasteiger partial charge in [0.2, 0.25) is 0 Å². The molecule has 3 N–H and O–H groups in total. The number of aliphatic hydroxyl groups is 2. The number of imidazole rings is 1. The number of fused-ring (bicyclic) bond motifs is 1. The Morgan fingerprint density at radius 3 is 2.62 bits per heavy atom. The van der Waals surface area contributed by atoms with Gasteiger partial charge in [0.05, 0.1) is 24.7 Å². The maximum Gasteiger partial charge on any atom is 0.459 e. The first kappa shape index (κ1) is 27.1. The number of rotatable bonds is 10. The van der Waals surface area contributed by atoms with Gasteiger partial charge < -0.3 is 24.2 Å². The Kier molecular flexibility index (Phi) is 8.22. The van der Waals surface area contributed by atoms with Crippen LogP contribution >= 0.6 is 7.75 Å². The van der Waals surface area contributed by atoms with Gasteiger partial charge in [0, 0.05) is 0 Å². The van der Waals surface area contributed by atoms with Crippen LogP contribution in [0.15, 0.2) is 43.0 Å². The number of nitrogens with zero attached hydrogens (tertiary/aromatic N) is 4. The van der Waals surface area contributed by atoms with Gasteiger partial charge in [-0.2, -0.15) is 5.09 Å². The quantitative estimate of drug-likeness (QED) is 0.255. The second-order valence-corrected chi connectivity index (χ2v) is 10.2. The number of esters is 1. The summed E-state index contributed by atoms with van der Waals surface area (Å²) < 4.78 is 37.7. The molecule has 2 aromatic heterocycles. The maximum absolute atomic E-state index is 13.8. The summed E-state index contributed by atoms with van der Waals surface area (Å²) in [5.74, 6) is -0.417. The third-order valence-corrected chi connectivity index (χ3v) is 7.58. The van der Waals surface area contributed by atoms with Crippen LogP contribution in [0.2, 0.25) is 0 Å². The number of benzene rings is 1. The largest absolute Gasteiger partial charge is 0.465 e. The second kappa shape index (κ2) is 11.2. The second-order valence-electron chi connectivity index (χ2n) is 8.57. The minimum absolute atomic E-state index is 0.140. The van der Waals surface area contributed by atoms with Crippen LogP contribution in [0.3, 0.4) is 0 Å². The first-order valence-corrected chi connectivity index (χ1v) is 13.3. The molecule has 13 nitrogen and oxygen atoms in total. The summed E-state index contributed by atoms with van der Waals surface area (Å²) in [5, 5.41) is 24.2. The highest BCUT2D eigenvalue weighted by Gasteiger charge is 2.49. The zero-order valence-electron chi connectivity index (χ0n) is 20.8. The lowest BCUT2D eigenvalue weighted by Crippen LogP contribution is -2.41. The number of aliphatic hydroxyl groups excluding tert-OH is 2. The van der Waals surface area contributed by atoms with Crippen molar-refractivity contribution >= 4 is 24.9 Å². The van der Waals surface area contributed by atoms with Gasteiger partial charge >= 0.3 is 13.7 Å². The van der Waals surface area contributed by atoms with Crippen molar-refractivity contribution in [3.63, 3.8) is 0 Å². The molecular weight excluding hydrogens is 505 g/mol. The number of carbonyl (C=O) groups is 1. The molecule has 7 unspecified atom stereocenters. The van der Waals surface area contributed by atoms with E-state index < -0.39 is 50.4 Å². The average Bonchev–Trinajstić information content (AvgIpc) is 3.41. The van der Waals surface area contributed by atoms with E-state index in [0.717, 1.165) is 0 Å². The van der Waals surface area contributed by atoms with Crippen molar-refractivity contribution in [3.05, 3.63) is 48.7 Å². The molecule has 1 saturated heterocycles. The first-order chi connectivity index (χ1) is 17.6. The van der Waals surface area contributed by atoms with Gasteiger partial charge in [-0.1, -0.05) is 18.2 Å². The topological polar surface area (TPSA) is 167 Å². The Morgan fingerprint density at radius 2 is 1.92 bits per heavy atom. The monoisotopic (exact) mass is 535 g/mol. The van der Waals surface area contributed by atoms with E-state index in [4.69, 9.17) is 18.5 Å². The van der Waals surface area contributed by atoms with Crippen LogP contribution in [0.1, 0.15) is 32.7 Å². The van der Waals surface area contributed by atoms with Crippen LogP contribution in [0.4, 0.5) is 0 Å². The number of aromatic nitrogens is 4. The Morgan fingerprint density at radius 1 is 1.19 bits per heavy atom.